The van der Waals surface area contributed by atoms with Gasteiger partial charge in [0, 0.05) is 13.1 Å². The van der Waals surface area contributed by atoms with Crippen molar-refractivity contribution >= 4 is 11.8 Å². The van der Waals surface area contributed by atoms with Gasteiger partial charge in [-0.2, -0.15) is 0 Å². The molecule has 0 aliphatic heterocycles. The number of nitrogens with zero attached hydrogens (tertiary/aromatic N) is 1. The smallest absolute Gasteiger partial charge is 0.242 e. The zero-order chi connectivity index (χ0) is 18.9. The van der Waals surface area contributed by atoms with Crippen LogP contribution in [0.4, 0.5) is 4.39 Å². The van der Waals surface area contributed by atoms with Crippen LogP contribution in [0.15, 0.2) is 54.6 Å². The van der Waals surface area contributed by atoms with E-state index in [0.29, 0.717) is 25.1 Å². The number of hydrogen-bond donors (Lipinski definition) is 1. The lowest BCUT2D eigenvalue weighted by molar-refractivity contribution is -0.139. The molecule has 0 bridgehead atoms. The Morgan fingerprint density at radius 1 is 1.08 bits per heavy atom. The van der Waals surface area contributed by atoms with Crippen molar-refractivity contribution in [1.82, 2.24) is 10.2 Å². The maximum absolute atomic E-state index is 13.9. The number of carbonyl (C=O) groups excluding carboxylic acids is 2. The van der Waals surface area contributed by atoms with E-state index < -0.39 is 11.9 Å². The minimum absolute atomic E-state index is 0.0643. The van der Waals surface area contributed by atoms with Gasteiger partial charge in [-0.05, 0) is 37.5 Å². The molecule has 0 aliphatic rings. The van der Waals surface area contributed by atoms with Crippen LogP contribution in [0.1, 0.15) is 25.0 Å². The van der Waals surface area contributed by atoms with Crippen molar-refractivity contribution in [2.24, 2.45) is 0 Å². The maximum Gasteiger partial charge on any atom is 0.242 e. The molecule has 2 amide bonds. The lowest BCUT2D eigenvalue weighted by atomic mass is 10.1. The Balaban J connectivity index is 2.14. The van der Waals surface area contributed by atoms with E-state index in [-0.39, 0.29) is 18.2 Å². The Bertz CT molecular complexity index is 734. The van der Waals surface area contributed by atoms with Gasteiger partial charge in [-0.3, -0.25) is 9.59 Å². The number of likely N-dealkylation sites (N-methyl/N-ethyl adjacent to an activating group) is 1. The van der Waals surface area contributed by atoms with Gasteiger partial charge in [0.05, 0.1) is 6.42 Å². The number of hydrogen-bond acceptors (Lipinski definition) is 2. The summed E-state index contributed by atoms with van der Waals surface area (Å²) in [5.41, 5.74) is 1.42. The summed E-state index contributed by atoms with van der Waals surface area (Å²) in [6, 6.07) is 15.4. The second-order valence-electron chi connectivity index (χ2n) is 6.16. The van der Waals surface area contributed by atoms with Crippen molar-refractivity contribution in [2.45, 2.75) is 32.7 Å². The van der Waals surface area contributed by atoms with Crippen LogP contribution in [0.25, 0.3) is 0 Å². The van der Waals surface area contributed by atoms with Crippen LogP contribution in [-0.4, -0.2) is 35.8 Å². The second-order valence-corrected chi connectivity index (χ2v) is 6.16. The Morgan fingerprint density at radius 2 is 1.73 bits per heavy atom. The van der Waals surface area contributed by atoms with Crippen LogP contribution in [0.2, 0.25) is 0 Å². The van der Waals surface area contributed by atoms with Crippen molar-refractivity contribution in [2.75, 3.05) is 13.1 Å². The van der Waals surface area contributed by atoms with Crippen molar-refractivity contribution in [3.63, 3.8) is 0 Å². The number of halogens is 1. The fourth-order valence-electron chi connectivity index (χ4n) is 2.80. The Kier molecular flexibility index (Phi) is 7.33. The zero-order valence-corrected chi connectivity index (χ0v) is 15.2. The normalized spacial score (nSPS) is 11.7. The van der Waals surface area contributed by atoms with Gasteiger partial charge in [0.15, 0.2) is 0 Å². The molecule has 2 rings (SSSR count). The molecule has 0 aromatic heterocycles. The summed E-state index contributed by atoms with van der Waals surface area (Å²) in [6.07, 6.45) is 0.568. The van der Waals surface area contributed by atoms with Crippen molar-refractivity contribution in [3.05, 3.63) is 71.5 Å². The van der Waals surface area contributed by atoms with Crippen molar-refractivity contribution in [3.8, 4) is 0 Å². The third kappa shape index (κ3) is 5.41. The van der Waals surface area contributed by atoms with E-state index >= 15 is 0 Å². The number of amides is 2. The first-order chi connectivity index (χ1) is 12.5. The van der Waals surface area contributed by atoms with Gasteiger partial charge < -0.3 is 10.2 Å². The average Bonchev–Trinajstić information content (AvgIpc) is 2.64. The fraction of sp³-hybridized carbons (Fsp3) is 0.333. The predicted octanol–water partition coefficient (Wildman–Crippen LogP) is 2.96. The van der Waals surface area contributed by atoms with Crippen molar-refractivity contribution in [1.29, 1.82) is 0 Å². The molecular formula is C21H25FN2O2. The fourth-order valence-corrected chi connectivity index (χ4v) is 2.80. The van der Waals surface area contributed by atoms with Crippen molar-refractivity contribution < 1.29 is 14.0 Å². The molecule has 0 aliphatic carbocycles. The minimum atomic E-state index is -0.613. The molecule has 26 heavy (non-hydrogen) atoms. The molecule has 1 N–H and O–H groups in total. The SMILES string of the molecule is CCNC(=O)C(C)N(CCc1ccccc1)C(=O)Cc1ccccc1F. The highest BCUT2D eigenvalue weighted by atomic mass is 19.1. The third-order valence-electron chi connectivity index (χ3n) is 4.30. The van der Waals surface area contributed by atoms with Gasteiger partial charge in [0.2, 0.25) is 11.8 Å². The lowest BCUT2D eigenvalue weighted by Gasteiger charge is -2.28. The first kappa shape index (κ1) is 19.6. The van der Waals surface area contributed by atoms with E-state index in [1.165, 1.54) is 11.0 Å². The van der Waals surface area contributed by atoms with E-state index in [2.05, 4.69) is 5.32 Å². The van der Waals surface area contributed by atoms with Crippen LogP contribution in [0.3, 0.4) is 0 Å². The largest absolute Gasteiger partial charge is 0.355 e. The van der Waals surface area contributed by atoms with E-state index in [4.69, 9.17) is 0 Å². The monoisotopic (exact) mass is 356 g/mol. The molecule has 0 spiro atoms. The van der Waals surface area contributed by atoms with Crippen LogP contribution >= 0.6 is 0 Å². The molecular weight excluding hydrogens is 331 g/mol. The molecule has 0 fully saturated rings. The van der Waals surface area contributed by atoms with Crippen LogP contribution < -0.4 is 5.32 Å². The molecule has 0 saturated carbocycles. The molecule has 1 atom stereocenters. The standard InChI is InChI=1S/C21H25FN2O2/c1-3-23-21(26)16(2)24(14-13-17-9-5-4-6-10-17)20(25)15-18-11-7-8-12-19(18)22/h4-12,16H,3,13-15H2,1-2H3,(H,23,26). The van der Waals surface area contributed by atoms with Gasteiger partial charge in [-0.15, -0.1) is 0 Å². The molecule has 5 heteroatoms. The highest BCUT2D eigenvalue weighted by Gasteiger charge is 2.25. The summed E-state index contributed by atoms with van der Waals surface area (Å²) >= 11 is 0. The highest BCUT2D eigenvalue weighted by molar-refractivity contribution is 5.88. The number of rotatable bonds is 8. The van der Waals surface area contributed by atoms with Gasteiger partial charge in [-0.25, -0.2) is 4.39 Å². The molecule has 0 radical (unpaired) electrons. The highest BCUT2D eigenvalue weighted by Crippen LogP contribution is 2.12. The Labute approximate surface area is 154 Å². The Hall–Kier alpha value is -2.69. The lowest BCUT2D eigenvalue weighted by Crippen LogP contribution is -2.49. The van der Waals surface area contributed by atoms with E-state index in [1.54, 1.807) is 25.1 Å². The molecule has 138 valence electrons. The minimum Gasteiger partial charge on any atom is -0.355 e. The van der Waals surface area contributed by atoms with Gasteiger partial charge in [0.25, 0.3) is 0 Å². The molecule has 2 aromatic rings. The second kappa shape index (κ2) is 9.70. The summed E-state index contributed by atoms with van der Waals surface area (Å²) < 4.78 is 13.9. The zero-order valence-electron chi connectivity index (χ0n) is 15.2. The number of carbonyl (C=O) groups is 2. The Morgan fingerprint density at radius 3 is 2.38 bits per heavy atom. The van der Waals surface area contributed by atoms with Gasteiger partial charge in [-0.1, -0.05) is 48.5 Å². The summed E-state index contributed by atoms with van der Waals surface area (Å²) in [6.45, 7) is 4.43. The quantitative estimate of drug-likeness (QED) is 0.791. The molecule has 2 aromatic carbocycles. The van der Waals surface area contributed by atoms with Crippen LogP contribution in [0, 0.1) is 5.82 Å². The van der Waals surface area contributed by atoms with Crippen LogP contribution in [-0.2, 0) is 22.4 Å². The average molecular weight is 356 g/mol. The van der Waals surface area contributed by atoms with Gasteiger partial charge >= 0.3 is 0 Å². The molecule has 4 nitrogen and oxygen atoms in total. The molecule has 1 unspecified atom stereocenters. The predicted molar refractivity (Wildman–Crippen MR) is 100 cm³/mol. The number of nitrogens with one attached hydrogen (secondary N) is 1. The summed E-state index contributed by atoms with van der Waals surface area (Å²) in [4.78, 5) is 26.6. The summed E-state index contributed by atoms with van der Waals surface area (Å²) in [7, 11) is 0. The molecule has 0 saturated heterocycles. The maximum atomic E-state index is 13.9. The van der Waals surface area contributed by atoms with E-state index in [0.717, 1.165) is 5.56 Å². The van der Waals surface area contributed by atoms with E-state index in [9.17, 15) is 14.0 Å². The number of benzene rings is 2. The van der Waals surface area contributed by atoms with E-state index in [1.807, 2.05) is 37.3 Å². The summed E-state index contributed by atoms with van der Waals surface area (Å²) in [5.74, 6) is -0.873. The van der Waals surface area contributed by atoms with Crippen LogP contribution in [0.5, 0.6) is 0 Å². The third-order valence-corrected chi connectivity index (χ3v) is 4.30. The molecule has 0 heterocycles. The van der Waals surface area contributed by atoms with Gasteiger partial charge in [0.1, 0.15) is 11.9 Å². The topological polar surface area (TPSA) is 49.4 Å². The first-order valence-electron chi connectivity index (χ1n) is 8.87. The summed E-state index contributed by atoms with van der Waals surface area (Å²) in [5, 5.41) is 2.75. The first-order valence-corrected chi connectivity index (χ1v) is 8.87.